The first-order chi connectivity index (χ1) is 7.70. The summed E-state index contributed by atoms with van der Waals surface area (Å²) in [6.07, 6.45) is 9.84. The van der Waals surface area contributed by atoms with Crippen molar-refractivity contribution >= 4 is 5.97 Å². The Hall–Kier alpha value is -0.570. The highest BCUT2D eigenvalue weighted by molar-refractivity contribution is 5.66. The average Bonchev–Trinajstić information content (AvgIpc) is 2.28. The van der Waals surface area contributed by atoms with Crippen LogP contribution in [0.4, 0.5) is 0 Å². The van der Waals surface area contributed by atoms with Crippen LogP contribution >= 0.6 is 0 Å². The second-order valence-electron chi connectivity index (χ2n) is 5.58. The van der Waals surface area contributed by atoms with Crippen LogP contribution in [0.15, 0.2) is 0 Å². The van der Waals surface area contributed by atoms with Gasteiger partial charge in [-0.25, -0.2) is 0 Å². The second kappa shape index (κ2) is 5.17. The smallest absolute Gasteiger partial charge is 0.304 e. The molecule has 3 nitrogen and oxygen atoms in total. The summed E-state index contributed by atoms with van der Waals surface area (Å²) in [7, 11) is 0. The third kappa shape index (κ3) is 2.97. The predicted octanol–water partition coefficient (Wildman–Crippen LogP) is 2.51. The quantitative estimate of drug-likeness (QED) is 0.802. The molecule has 0 aromatic rings. The zero-order chi connectivity index (χ0) is 11.4. The van der Waals surface area contributed by atoms with Gasteiger partial charge >= 0.3 is 5.97 Å². The summed E-state index contributed by atoms with van der Waals surface area (Å²) in [5, 5.41) is 8.72. The molecule has 1 aliphatic heterocycles. The van der Waals surface area contributed by atoms with Gasteiger partial charge in [0, 0.05) is 13.1 Å². The van der Waals surface area contributed by atoms with Crippen molar-refractivity contribution in [2.75, 3.05) is 19.6 Å². The van der Waals surface area contributed by atoms with Gasteiger partial charge in [0.2, 0.25) is 0 Å². The number of piperidine rings is 1. The molecule has 0 radical (unpaired) electrons. The van der Waals surface area contributed by atoms with Gasteiger partial charge in [0.05, 0.1) is 6.42 Å². The Labute approximate surface area is 97.8 Å². The van der Waals surface area contributed by atoms with E-state index in [0.29, 0.717) is 11.8 Å². The third-order valence-electron chi connectivity index (χ3n) is 4.30. The number of likely N-dealkylation sites (tertiary alicyclic amines) is 1. The number of aliphatic carboxylic acids is 1. The number of carboxylic acids is 1. The molecule has 92 valence electrons. The van der Waals surface area contributed by atoms with E-state index >= 15 is 0 Å². The molecule has 2 rings (SSSR count). The van der Waals surface area contributed by atoms with Crippen molar-refractivity contribution in [1.82, 2.24) is 4.90 Å². The summed E-state index contributed by atoms with van der Waals surface area (Å²) in [6.45, 7) is 3.01. The molecule has 2 aliphatic rings. The molecule has 1 saturated carbocycles. The molecule has 0 bridgehead atoms. The van der Waals surface area contributed by atoms with Gasteiger partial charge < -0.3 is 10.0 Å². The van der Waals surface area contributed by atoms with Crippen molar-refractivity contribution in [3.05, 3.63) is 0 Å². The van der Waals surface area contributed by atoms with Gasteiger partial charge in [-0.05, 0) is 37.6 Å². The van der Waals surface area contributed by atoms with Crippen LogP contribution < -0.4 is 0 Å². The highest BCUT2D eigenvalue weighted by Gasteiger charge is 2.36. The van der Waals surface area contributed by atoms with Gasteiger partial charge in [-0.15, -0.1) is 0 Å². The van der Waals surface area contributed by atoms with Crippen LogP contribution in [0.2, 0.25) is 0 Å². The van der Waals surface area contributed by atoms with Crippen molar-refractivity contribution in [3.8, 4) is 0 Å². The molecule has 16 heavy (non-hydrogen) atoms. The van der Waals surface area contributed by atoms with Gasteiger partial charge in [0.15, 0.2) is 0 Å². The fourth-order valence-corrected chi connectivity index (χ4v) is 3.46. The van der Waals surface area contributed by atoms with E-state index in [9.17, 15) is 4.79 Å². The lowest BCUT2D eigenvalue weighted by molar-refractivity contribution is -0.137. The summed E-state index contributed by atoms with van der Waals surface area (Å²) in [5.74, 6) is -0.664. The zero-order valence-corrected chi connectivity index (χ0v) is 10.1. The summed E-state index contributed by atoms with van der Waals surface area (Å²) < 4.78 is 0. The highest BCUT2D eigenvalue weighted by atomic mass is 16.4. The van der Waals surface area contributed by atoms with Crippen molar-refractivity contribution in [3.63, 3.8) is 0 Å². The van der Waals surface area contributed by atoms with E-state index in [-0.39, 0.29) is 0 Å². The molecular weight excluding hydrogens is 202 g/mol. The fraction of sp³-hybridized carbons (Fsp3) is 0.923. The summed E-state index contributed by atoms with van der Waals surface area (Å²) in [6, 6.07) is 0. The van der Waals surface area contributed by atoms with Crippen molar-refractivity contribution in [1.29, 1.82) is 0 Å². The van der Waals surface area contributed by atoms with Gasteiger partial charge in [-0.2, -0.15) is 0 Å². The van der Waals surface area contributed by atoms with E-state index < -0.39 is 5.97 Å². The summed E-state index contributed by atoms with van der Waals surface area (Å²) in [5.41, 5.74) is 0.551. The monoisotopic (exact) mass is 225 g/mol. The number of rotatable bonds is 3. The Morgan fingerprint density at radius 1 is 1.12 bits per heavy atom. The SMILES string of the molecule is O=C(O)CCN1CCCC2(CCCCC2)C1. The first-order valence-electron chi connectivity index (χ1n) is 6.64. The van der Waals surface area contributed by atoms with E-state index in [1.54, 1.807) is 0 Å². The lowest BCUT2D eigenvalue weighted by atomic mass is 9.69. The van der Waals surface area contributed by atoms with Gasteiger partial charge in [0.25, 0.3) is 0 Å². The van der Waals surface area contributed by atoms with Gasteiger partial charge in [0.1, 0.15) is 0 Å². The van der Waals surface area contributed by atoms with Crippen LogP contribution in [0.25, 0.3) is 0 Å². The van der Waals surface area contributed by atoms with Crippen LogP contribution in [0.5, 0.6) is 0 Å². The van der Waals surface area contributed by atoms with E-state index in [0.717, 1.165) is 19.6 Å². The maximum Gasteiger partial charge on any atom is 0.304 e. The minimum Gasteiger partial charge on any atom is -0.481 e. The van der Waals surface area contributed by atoms with E-state index in [1.807, 2.05) is 0 Å². The standard InChI is InChI=1S/C13H23NO2/c15-12(16)5-10-14-9-4-8-13(11-14)6-2-1-3-7-13/h1-11H2,(H,15,16). The second-order valence-corrected chi connectivity index (χ2v) is 5.58. The average molecular weight is 225 g/mol. The maximum atomic E-state index is 10.6. The van der Waals surface area contributed by atoms with Crippen LogP contribution in [-0.2, 0) is 4.79 Å². The Balaban J connectivity index is 1.85. The van der Waals surface area contributed by atoms with Crippen molar-refractivity contribution in [2.45, 2.75) is 51.4 Å². The first-order valence-corrected chi connectivity index (χ1v) is 6.64. The van der Waals surface area contributed by atoms with Crippen molar-refractivity contribution in [2.24, 2.45) is 5.41 Å². The largest absolute Gasteiger partial charge is 0.481 e. The molecule has 1 N–H and O–H groups in total. The Morgan fingerprint density at radius 2 is 1.81 bits per heavy atom. The molecular formula is C13H23NO2. The highest BCUT2D eigenvalue weighted by Crippen LogP contribution is 2.43. The molecule has 3 heteroatoms. The van der Waals surface area contributed by atoms with Crippen molar-refractivity contribution < 1.29 is 9.90 Å². The Morgan fingerprint density at radius 3 is 2.50 bits per heavy atom. The van der Waals surface area contributed by atoms with E-state index in [2.05, 4.69) is 4.90 Å². The Kier molecular flexibility index (Phi) is 3.85. The van der Waals surface area contributed by atoms with E-state index in [4.69, 9.17) is 5.11 Å². The molecule has 1 heterocycles. The molecule has 0 amide bonds. The molecule has 1 aliphatic carbocycles. The van der Waals surface area contributed by atoms with Crippen LogP contribution in [0.1, 0.15) is 51.4 Å². The molecule has 0 unspecified atom stereocenters. The number of carbonyl (C=O) groups is 1. The lowest BCUT2D eigenvalue weighted by Crippen LogP contribution is -2.44. The molecule has 1 saturated heterocycles. The Bertz CT molecular complexity index is 241. The zero-order valence-electron chi connectivity index (χ0n) is 10.1. The number of hydrogen-bond donors (Lipinski definition) is 1. The summed E-state index contributed by atoms with van der Waals surface area (Å²) in [4.78, 5) is 13.0. The minimum atomic E-state index is -0.664. The van der Waals surface area contributed by atoms with Gasteiger partial charge in [-0.1, -0.05) is 19.3 Å². The lowest BCUT2D eigenvalue weighted by Gasteiger charge is -2.45. The predicted molar refractivity (Wildman–Crippen MR) is 63.4 cm³/mol. The summed E-state index contributed by atoms with van der Waals surface area (Å²) >= 11 is 0. The number of hydrogen-bond acceptors (Lipinski definition) is 2. The minimum absolute atomic E-state index is 0.302. The van der Waals surface area contributed by atoms with Crippen LogP contribution in [0, 0.1) is 5.41 Å². The maximum absolute atomic E-state index is 10.6. The third-order valence-corrected chi connectivity index (χ3v) is 4.30. The molecule has 0 aromatic carbocycles. The molecule has 1 spiro atoms. The number of nitrogens with zero attached hydrogens (tertiary/aromatic N) is 1. The molecule has 0 aromatic heterocycles. The topological polar surface area (TPSA) is 40.5 Å². The fourth-order valence-electron chi connectivity index (χ4n) is 3.46. The first kappa shape index (κ1) is 11.9. The van der Waals surface area contributed by atoms with Crippen LogP contribution in [0.3, 0.4) is 0 Å². The van der Waals surface area contributed by atoms with Crippen LogP contribution in [-0.4, -0.2) is 35.6 Å². The van der Waals surface area contributed by atoms with E-state index in [1.165, 1.54) is 44.9 Å². The molecule has 0 atom stereocenters. The number of carboxylic acid groups (broad SMARTS) is 1. The normalized spacial score (nSPS) is 25.8. The molecule has 2 fully saturated rings. The van der Waals surface area contributed by atoms with Gasteiger partial charge in [-0.3, -0.25) is 4.79 Å².